The average Bonchev–Trinajstić information content (AvgIpc) is 2.89. The van der Waals surface area contributed by atoms with Crippen LogP contribution in [0.2, 0.25) is 0 Å². The average molecular weight is 508 g/mol. The van der Waals surface area contributed by atoms with Gasteiger partial charge in [0.05, 0.1) is 19.9 Å². The molecular weight excluding hydrogens is 470 g/mol. The number of carbonyl (C=O) groups is 1. The molecule has 10 nitrogen and oxygen atoms in total. The summed E-state index contributed by atoms with van der Waals surface area (Å²) in [6.45, 7) is 12.7. The van der Waals surface area contributed by atoms with Crippen LogP contribution in [0.4, 0.5) is 16.3 Å². The van der Waals surface area contributed by atoms with E-state index in [1.165, 1.54) is 25.7 Å². The monoisotopic (exact) mass is 507 g/mol. The van der Waals surface area contributed by atoms with E-state index in [1.54, 1.807) is 0 Å². The maximum atomic E-state index is 11.3. The van der Waals surface area contributed by atoms with Crippen LogP contribution in [0.1, 0.15) is 44.0 Å². The summed E-state index contributed by atoms with van der Waals surface area (Å²) in [6.07, 6.45) is 3.71. The molecule has 1 amide bonds. The minimum absolute atomic E-state index is 0.0701. The van der Waals surface area contributed by atoms with Crippen LogP contribution >= 0.6 is 0 Å². The lowest BCUT2D eigenvalue weighted by Gasteiger charge is -2.38. The Morgan fingerprint density at radius 2 is 2.00 bits per heavy atom. The minimum Gasteiger partial charge on any atom is -0.388 e. The number of primary amides is 1. The highest BCUT2D eigenvalue weighted by molar-refractivity contribution is 5.97. The second-order valence-electron chi connectivity index (χ2n) is 10.1. The lowest BCUT2D eigenvalue weighted by molar-refractivity contribution is 0.0374. The highest BCUT2D eigenvalue weighted by atomic mass is 16.6. The van der Waals surface area contributed by atoms with Crippen LogP contribution in [-0.4, -0.2) is 73.1 Å². The molecule has 2 fully saturated rings. The molecule has 1 aromatic carbocycles. The molecular formula is C27H37N7O3. The zero-order chi connectivity index (χ0) is 26.4. The Kier molecular flexibility index (Phi) is 8.83. The second-order valence-corrected chi connectivity index (χ2v) is 10.1. The third-order valence-corrected chi connectivity index (χ3v) is 7.12. The molecule has 0 bridgehead atoms. The molecule has 1 aliphatic carbocycles. The Balaban J connectivity index is 1.81. The number of benzene rings is 1. The molecule has 2 heterocycles. The first kappa shape index (κ1) is 26.7. The minimum atomic E-state index is -1.09. The quantitative estimate of drug-likeness (QED) is 0.406. The molecule has 3 N–H and O–H groups in total. The van der Waals surface area contributed by atoms with Crippen LogP contribution in [0.5, 0.6) is 0 Å². The molecule has 1 aliphatic heterocycles. The number of hydrogen-bond acceptors (Lipinski definition) is 9. The van der Waals surface area contributed by atoms with Gasteiger partial charge >= 0.3 is 6.09 Å². The van der Waals surface area contributed by atoms with Crippen molar-refractivity contribution in [3.63, 3.8) is 0 Å². The lowest BCUT2D eigenvalue weighted by Crippen LogP contribution is -2.46. The topological polar surface area (TPSA) is 130 Å². The first-order valence-corrected chi connectivity index (χ1v) is 12.9. The number of ether oxygens (including phenoxy) is 2. The van der Waals surface area contributed by atoms with Gasteiger partial charge in [-0.3, -0.25) is 10.3 Å². The number of rotatable bonds is 8. The summed E-state index contributed by atoms with van der Waals surface area (Å²) in [5.74, 6) is 1.04. The van der Waals surface area contributed by atoms with Gasteiger partial charge in [-0.25, -0.2) is 19.8 Å². The van der Waals surface area contributed by atoms with Gasteiger partial charge < -0.3 is 20.1 Å². The Morgan fingerprint density at radius 3 is 2.65 bits per heavy atom. The summed E-state index contributed by atoms with van der Waals surface area (Å²) in [6, 6.07) is 8.00. The number of aromatic nitrogens is 2. The fourth-order valence-electron chi connectivity index (χ4n) is 5.11. The van der Waals surface area contributed by atoms with Gasteiger partial charge in [0.25, 0.3) is 5.90 Å². The van der Waals surface area contributed by atoms with E-state index in [0.717, 1.165) is 42.4 Å². The van der Waals surface area contributed by atoms with E-state index in [4.69, 9.17) is 25.6 Å². The number of aliphatic imine (C=N–C) groups is 1. The zero-order valence-corrected chi connectivity index (χ0v) is 21.8. The fraction of sp³-hybridized carbons (Fsp3) is 0.519. The predicted octanol–water partition coefficient (Wildman–Crippen LogP) is 4.13. The molecule has 0 spiro atoms. The third-order valence-electron chi connectivity index (χ3n) is 7.12. The normalized spacial score (nSPS) is 20.3. The highest BCUT2D eigenvalue weighted by Gasteiger charge is 2.28. The van der Waals surface area contributed by atoms with Crippen LogP contribution in [0.3, 0.4) is 0 Å². The molecule has 0 unspecified atom stereocenters. The fourth-order valence-corrected chi connectivity index (χ4v) is 5.11. The van der Waals surface area contributed by atoms with Gasteiger partial charge in [0.1, 0.15) is 11.4 Å². The number of carbonyl (C=O) groups excluding carboxylic acids is 1. The van der Waals surface area contributed by atoms with Crippen LogP contribution < -0.4 is 10.6 Å². The maximum absolute atomic E-state index is 11.3. The molecule has 10 heteroatoms. The van der Waals surface area contributed by atoms with Crippen LogP contribution in [0, 0.1) is 24.2 Å². The largest absolute Gasteiger partial charge is 0.411 e. The van der Waals surface area contributed by atoms with Crippen molar-refractivity contribution in [2.75, 3.05) is 44.4 Å². The molecule has 1 saturated heterocycles. The first-order valence-electron chi connectivity index (χ1n) is 12.9. The van der Waals surface area contributed by atoms with Gasteiger partial charge in [-0.15, -0.1) is 0 Å². The number of aryl methyl sites for hydroxylation is 1. The Morgan fingerprint density at radius 1 is 1.27 bits per heavy atom. The van der Waals surface area contributed by atoms with E-state index in [1.807, 2.05) is 31.2 Å². The smallest absolute Gasteiger partial charge is 0.388 e. The third kappa shape index (κ3) is 6.90. The van der Waals surface area contributed by atoms with Crippen LogP contribution in [0.25, 0.3) is 11.3 Å². The number of hydrogen-bond donors (Lipinski definition) is 2. The molecule has 2 aromatic rings. The summed E-state index contributed by atoms with van der Waals surface area (Å²) in [4.78, 5) is 29.5. The van der Waals surface area contributed by atoms with E-state index >= 15 is 0 Å². The van der Waals surface area contributed by atoms with E-state index in [2.05, 4.69) is 33.4 Å². The van der Waals surface area contributed by atoms with Crippen molar-refractivity contribution in [1.82, 2.24) is 14.9 Å². The van der Waals surface area contributed by atoms with Gasteiger partial charge in [-0.1, -0.05) is 43.5 Å². The standard InChI is InChI=1S/C27H37N7O3/c1-18-7-9-20(10-8-18)16-34(17-33-11-13-36-14-12-33)23-22(21-6-4-5-19(2)15-21)31-26(32-25(23)30-3)24(28)37-27(29)35/h4-6,15,18,20,28H,3,7-14,16-17H2,1-2H3,(H2,29,35). The molecule has 2 aliphatic rings. The Bertz CT molecular complexity index is 1120. The lowest BCUT2D eigenvalue weighted by atomic mass is 9.83. The van der Waals surface area contributed by atoms with E-state index in [9.17, 15) is 4.79 Å². The van der Waals surface area contributed by atoms with Gasteiger partial charge in [0.2, 0.25) is 5.82 Å². The van der Waals surface area contributed by atoms with Crippen molar-refractivity contribution in [2.45, 2.75) is 39.5 Å². The van der Waals surface area contributed by atoms with Crippen LogP contribution in [0.15, 0.2) is 29.3 Å². The number of nitrogens with two attached hydrogens (primary N) is 1. The molecule has 4 rings (SSSR count). The number of morpholine rings is 1. The molecule has 0 atom stereocenters. The SMILES string of the molecule is C=Nc1nc(C(=N)OC(N)=O)nc(-c2cccc(C)c2)c1N(CC1CCC(C)CC1)CN1CCOCC1. The summed E-state index contributed by atoms with van der Waals surface area (Å²) < 4.78 is 10.4. The molecule has 198 valence electrons. The molecule has 37 heavy (non-hydrogen) atoms. The summed E-state index contributed by atoms with van der Waals surface area (Å²) in [5, 5.41) is 8.19. The van der Waals surface area contributed by atoms with Crippen LogP contribution in [-0.2, 0) is 9.47 Å². The number of amides is 1. The van der Waals surface area contributed by atoms with Gasteiger partial charge in [0, 0.05) is 25.2 Å². The summed E-state index contributed by atoms with van der Waals surface area (Å²) >= 11 is 0. The van der Waals surface area contributed by atoms with Gasteiger partial charge in [-0.05, 0) is 44.4 Å². The second kappa shape index (κ2) is 12.2. The van der Waals surface area contributed by atoms with Crippen molar-refractivity contribution in [2.24, 2.45) is 22.6 Å². The number of nitrogens with one attached hydrogen (secondary N) is 1. The van der Waals surface area contributed by atoms with E-state index < -0.39 is 12.0 Å². The van der Waals surface area contributed by atoms with Gasteiger partial charge in [-0.2, -0.15) is 0 Å². The molecule has 1 aromatic heterocycles. The van der Waals surface area contributed by atoms with Crippen molar-refractivity contribution in [3.8, 4) is 11.3 Å². The van der Waals surface area contributed by atoms with Crippen molar-refractivity contribution >= 4 is 30.2 Å². The zero-order valence-electron chi connectivity index (χ0n) is 21.8. The van der Waals surface area contributed by atoms with Crippen molar-refractivity contribution in [3.05, 3.63) is 35.7 Å². The Labute approximate surface area is 218 Å². The maximum Gasteiger partial charge on any atom is 0.411 e. The predicted molar refractivity (Wildman–Crippen MR) is 145 cm³/mol. The molecule has 1 saturated carbocycles. The van der Waals surface area contributed by atoms with Gasteiger partial charge in [0.15, 0.2) is 5.82 Å². The number of anilines is 1. The summed E-state index contributed by atoms with van der Waals surface area (Å²) in [7, 11) is 0. The Hall–Kier alpha value is -3.37. The number of nitrogens with zero attached hydrogens (tertiary/aromatic N) is 5. The van der Waals surface area contributed by atoms with E-state index in [-0.39, 0.29) is 5.82 Å². The molecule has 0 radical (unpaired) electrons. The van der Waals surface area contributed by atoms with Crippen molar-refractivity contribution in [1.29, 1.82) is 5.41 Å². The van der Waals surface area contributed by atoms with Crippen molar-refractivity contribution < 1.29 is 14.3 Å². The first-order chi connectivity index (χ1) is 17.8. The highest BCUT2D eigenvalue weighted by Crippen LogP contribution is 2.39. The van der Waals surface area contributed by atoms with E-state index in [0.29, 0.717) is 37.3 Å². The summed E-state index contributed by atoms with van der Waals surface area (Å²) in [5.41, 5.74) is 8.46.